The Balaban J connectivity index is 2.65. The Labute approximate surface area is 148 Å². The molecule has 0 saturated carbocycles. The fraction of sp³-hybridized carbons (Fsp3) is 0.529. The Morgan fingerprint density at radius 3 is 2.44 bits per heavy atom. The van der Waals surface area contributed by atoms with Crippen molar-refractivity contribution in [1.82, 2.24) is 5.32 Å². The van der Waals surface area contributed by atoms with E-state index in [0.29, 0.717) is 0 Å². The molecular weight excluding hydrogens is 343 g/mol. The zero-order chi connectivity index (χ0) is 19.1. The van der Waals surface area contributed by atoms with E-state index in [-0.39, 0.29) is 6.61 Å². The summed E-state index contributed by atoms with van der Waals surface area (Å²) in [5.74, 6) is -0.933. The molecule has 0 heterocycles. The summed E-state index contributed by atoms with van der Waals surface area (Å²) < 4.78 is 28.5. The molecule has 0 spiro atoms. The Kier molecular flexibility index (Phi) is 7.62. The highest BCUT2D eigenvalue weighted by Crippen LogP contribution is 2.53. The lowest BCUT2D eigenvalue weighted by molar-refractivity contribution is 0.0978. The van der Waals surface area contributed by atoms with Crippen LogP contribution in [0.4, 0.5) is 4.79 Å². The highest BCUT2D eigenvalue weighted by Gasteiger charge is 2.39. The van der Waals surface area contributed by atoms with Crippen molar-refractivity contribution in [2.75, 3.05) is 7.11 Å². The third kappa shape index (κ3) is 6.17. The SMILES string of the molecule is COP(=O)(O[C@@H](C)C(C)(C)C#N)C(C)NC(=O)OCc1ccccc1. The summed E-state index contributed by atoms with van der Waals surface area (Å²) in [4.78, 5) is 11.9. The molecule has 0 fully saturated rings. The maximum absolute atomic E-state index is 12.8. The Morgan fingerprint density at radius 1 is 1.32 bits per heavy atom. The summed E-state index contributed by atoms with van der Waals surface area (Å²) in [5.41, 5.74) is -0.0253. The quantitative estimate of drug-likeness (QED) is 0.695. The van der Waals surface area contributed by atoms with Gasteiger partial charge in [0.2, 0.25) is 0 Å². The summed E-state index contributed by atoms with van der Waals surface area (Å²) in [6.07, 6.45) is -1.39. The van der Waals surface area contributed by atoms with Gasteiger partial charge in [0.1, 0.15) is 12.4 Å². The summed E-state index contributed by atoms with van der Waals surface area (Å²) in [6.45, 7) is 6.57. The molecule has 0 aromatic heterocycles. The van der Waals surface area contributed by atoms with Gasteiger partial charge in [-0.25, -0.2) is 4.79 Å². The van der Waals surface area contributed by atoms with E-state index in [1.54, 1.807) is 20.8 Å². The van der Waals surface area contributed by atoms with Crippen LogP contribution in [0, 0.1) is 16.7 Å². The van der Waals surface area contributed by atoms with Crippen molar-refractivity contribution in [3.63, 3.8) is 0 Å². The van der Waals surface area contributed by atoms with E-state index in [2.05, 4.69) is 11.4 Å². The molecule has 0 aliphatic heterocycles. The largest absolute Gasteiger partial charge is 0.445 e. The molecule has 1 rings (SSSR count). The van der Waals surface area contributed by atoms with Crippen LogP contribution in [0.3, 0.4) is 0 Å². The molecule has 0 radical (unpaired) electrons. The van der Waals surface area contributed by atoms with Gasteiger partial charge in [0.05, 0.1) is 17.6 Å². The highest BCUT2D eigenvalue weighted by atomic mass is 31.2. The van der Waals surface area contributed by atoms with Crippen LogP contribution in [0.5, 0.6) is 0 Å². The van der Waals surface area contributed by atoms with E-state index < -0.39 is 31.0 Å². The van der Waals surface area contributed by atoms with Crippen molar-refractivity contribution in [3.05, 3.63) is 35.9 Å². The molecular formula is C17H25N2O5P. The first kappa shape index (κ1) is 21.2. The average Bonchev–Trinajstić information content (AvgIpc) is 2.60. The number of nitriles is 1. The van der Waals surface area contributed by atoms with Crippen LogP contribution < -0.4 is 5.32 Å². The zero-order valence-electron chi connectivity index (χ0n) is 15.2. The van der Waals surface area contributed by atoms with Crippen LogP contribution in [-0.2, 0) is 25.0 Å². The number of carbonyl (C=O) groups excluding carboxylic acids is 1. The van der Waals surface area contributed by atoms with Gasteiger partial charge < -0.3 is 19.1 Å². The van der Waals surface area contributed by atoms with Crippen molar-refractivity contribution in [2.45, 2.75) is 46.2 Å². The number of hydrogen-bond donors (Lipinski definition) is 1. The molecule has 0 bridgehead atoms. The predicted molar refractivity (Wildman–Crippen MR) is 93.8 cm³/mol. The molecule has 3 atom stereocenters. The second-order valence-corrected chi connectivity index (χ2v) is 8.62. The van der Waals surface area contributed by atoms with Crippen LogP contribution in [0.2, 0.25) is 0 Å². The van der Waals surface area contributed by atoms with Crippen molar-refractivity contribution < 1.29 is 23.1 Å². The molecule has 1 aromatic carbocycles. The second kappa shape index (κ2) is 9.00. The number of nitrogens with zero attached hydrogens (tertiary/aromatic N) is 1. The van der Waals surface area contributed by atoms with E-state index in [9.17, 15) is 9.36 Å². The molecule has 7 nitrogen and oxygen atoms in total. The lowest BCUT2D eigenvalue weighted by atomic mass is 9.90. The van der Waals surface area contributed by atoms with E-state index in [1.165, 1.54) is 14.0 Å². The fourth-order valence-electron chi connectivity index (χ4n) is 1.75. The molecule has 8 heteroatoms. The van der Waals surface area contributed by atoms with Gasteiger partial charge in [-0.3, -0.25) is 4.57 Å². The first-order valence-corrected chi connectivity index (χ1v) is 9.48. The Morgan fingerprint density at radius 2 is 1.92 bits per heavy atom. The van der Waals surface area contributed by atoms with Gasteiger partial charge >= 0.3 is 13.7 Å². The van der Waals surface area contributed by atoms with Gasteiger partial charge in [-0.05, 0) is 33.3 Å². The predicted octanol–water partition coefficient (Wildman–Crippen LogP) is 4.05. The average molecular weight is 368 g/mol. The standard InChI is InChI=1S/C17H25N2O5P/c1-13(17(3,4)12-18)24-25(21,22-5)14(2)19-16(20)23-11-15-9-7-6-8-10-15/h6-10,13-14H,11H2,1-5H3,(H,19,20)/t13-,14?,25?/m0/s1. The molecule has 2 unspecified atom stereocenters. The van der Waals surface area contributed by atoms with Gasteiger partial charge in [0.25, 0.3) is 0 Å². The molecule has 1 amide bonds. The second-order valence-electron chi connectivity index (χ2n) is 6.19. The first-order valence-electron chi connectivity index (χ1n) is 7.87. The topological polar surface area (TPSA) is 97.6 Å². The third-order valence-corrected chi connectivity index (χ3v) is 6.07. The van der Waals surface area contributed by atoms with Crippen molar-refractivity contribution in [3.8, 4) is 6.07 Å². The minimum Gasteiger partial charge on any atom is -0.445 e. The highest BCUT2D eigenvalue weighted by molar-refractivity contribution is 7.54. The first-order chi connectivity index (χ1) is 11.6. The number of alkyl carbamates (subject to hydrolysis) is 1. The molecule has 1 aromatic rings. The summed E-state index contributed by atoms with van der Waals surface area (Å²) in [5, 5.41) is 11.6. The van der Waals surface area contributed by atoms with Gasteiger partial charge in [-0.1, -0.05) is 30.3 Å². The van der Waals surface area contributed by atoms with Crippen LogP contribution in [0.1, 0.15) is 33.3 Å². The minimum absolute atomic E-state index is 0.0927. The van der Waals surface area contributed by atoms with Crippen LogP contribution >= 0.6 is 7.60 Å². The normalized spacial score (nSPS) is 16.2. The van der Waals surface area contributed by atoms with Gasteiger partial charge in [0.15, 0.2) is 0 Å². The number of carbonyl (C=O) groups is 1. The molecule has 25 heavy (non-hydrogen) atoms. The van der Waals surface area contributed by atoms with E-state index in [0.717, 1.165) is 5.56 Å². The maximum Gasteiger partial charge on any atom is 0.408 e. The van der Waals surface area contributed by atoms with Gasteiger partial charge in [0, 0.05) is 7.11 Å². The van der Waals surface area contributed by atoms with E-state index >= 15 is 0 Å². The zero-order valence-corrected chi connectivity index (χ0v) is 16.1. The summed E-state index contributed by atoms with van der Waals surface area (Å²) in [7, 11) is -2.43. The van der Waals surface area contributed by atoms with Gasteiger partial charge in [-0.2, -0.15) is 5.26 Å². The lowest BCUT2D eigenvalue weighted by Crippen LogP contribution is -2.36. The number of nitrogens with one attached hydrogen (secondary N) is 1. The van der Waals surface area contributed by atoms with Gasteiger partial charge in [-0.15, -0.1) is 0 Å². The molecule has 1 N–H and O–H groups in total. The number of benzene rings is 1. The Hall–Kier alpha value is -1.87. The van der Waals surface area contributed by atoms with Crippen LogP contribution in [0.25, 0.3) is 0 Å². The number of rotatable bonds is 8. The minimum atomic E-state index is -3.67. The fourth-order valence-corrected chi connectivity index (χ4v) is 3.30. The molecule has 0 aliphatic rings. The smallest absolute Gasteiger partial charge is 0.408 e. The van der Waals surface area contributed by atoms with E-state index in [4.69, 9.17) is 19.0 Å². The molecule has 138 valence electrons. The summed E-state index contributed by atoms with van der Waals surface area (Å²) >= 11 is 0. The number of ether oxygens (including phenoxy) is 1. The van der Waals surface area contributed by atoms with Crippen molar-refractivity contribution in [1.29, 1.82) is 5.26 Å². The molecule has 0 aliphatic carbocycles. The lowest BCUT2D eigenvalue weighted by Gasteiger charge is -2.30. The van der Waals surface area contributed by atoms with Crippen molar-refractivity contribution in [2.24, 2.45) is 5.41 Å². The number of hydrogen-bond acceptors (Lipinski definition) is 6. The van der Waals surface area contributed by atoms with E-state index in [1.807, 2.05) is 30.3 Å². The number of amides is 1. The monoisotopic (exact) mass is 368 g/mol. The third-order valence-electron chi connectivity index (χ3n) is 3.88. The molecule has 0 saturated heterocycles. The van der Waals surface area contributed by atoms with Crippen molar-refractivity contribution >= 4 is 13.7 Å². The van der Waals surface area contributed by atoms with Crippen LogP contribution in [-0.4, -0.2) is 25.1 Å². The maximum atomic E-state index is 12.8. The summed E-state index contributed by atoms with van der Waals surface area (Å²) in [6, 6.07) is 11.3. The Bertz CT molecular complexity index is 657. The van der Waals surface area contributed by atoms with Crippen LogP contribution in [0.15, 0.2) is 30.3 Å².